The number of hydrogen-bond donors (Lipinski definition) is 1. The van der Waals surface area contributed by atoms with Crippen molar-refractivity contribution in [1.29, 1.82) is 0 Å². The third-order valence-corrected chi connectivity index (χ3v) is 3.26. The van der Waals surface area contributed by atoms with Gasteiger partial charge in [0.15, 0.2) is 0 Å². The second-order valence-corrected chi connectivity index (χ2v) is 6.16. The zero-order valence-electron chi connectivity index (χ0n) is 9.97. The van der Waals surface area contributed by atoms with Gasteiger partial charge in [-0.1, -0.05) is 6.92 Å². The number of hydrogen-bond acceptors (Lipinski definition) is 4. The molecule has 0 bridgehead atoms. The molecule has 1 unspecified atom stereocenters. The van der Waals surface area contributed by atoms with Crippen LogP contribution in [-0.2, 0) is 16.9 Å². The van der Waals surface area contributed by atoms with Crippen LogP contribution < -0.4 is 5.32 Å². The van der Waals surface area contributed by atoms with Gasteiger partial charge in [-0.2, -0.15) is 5.10 Å². The Balaban J connectivity index is 2.83. The highest BCUT2D eigenvalue weighted by Gasteiger charge is 2.19. The Kier molecular flexibility index (Phi) is 4.49. The Morgan fingerprint density at radius 1 is 1.56 bits per heavy atom. The molecule has 92 valence electrons. The standard InChI is InChI=1S/C10H19N3O2S/c1-4-6-11-9(8-16(3,14)15)10-5-7-12-13(10)2/h5,7,9,11H,4,6,8H2,1-3H3. The highest BCUT2D eigenvalue weighted by molar-refractivity contribution is 7.90. The Labute approximate surface area is 96.8 Å². The van der Waals surface area contributed by atoms with Crippen molar-refractivity contribution in [3.8, 4) is 0 Å². The molecule has 16 heavy (non-hydrogen) atoms. The lowest BCUT2D eigenvalue weighted by atomic mass is 10.2. The Hall–Kier alpha value is -0.880. The van der Waals surface area contributed by atoms with Gasteiger partial charge in [0, 0.05) is 19.5 Å². The molecule has 1 atom stereocenters. The molecule has 0 amide bonds. The molecule has 0 saturated heterocycles. The molecule has 1 aromatic heterocycles. The van der Waals surface area contributed by atoms with Crippen molar-refractivity contribution in [2.24, 2.45) is 7.05 Å². The summed E-state index contributed by atoms with van der Waals surface area (Å²) >= 11 is 0. The van der Waals surface area contributed by atoms with E-state index >= 15 is 0 Å². The molecule has 1 rings (SSSR count). The SMILES string of the molecule is CCCNC(CS(C)(=O)=O)c1ccnn1C. The smallest absolute Gasteiger partial charge is 0.149 e. The summed E-state index contributed by atoms with van der Waals surface area (Å²) in [7, 11) is -1.18. The molecule has 0 aliphatic rings. The molecule has 1 N–H and O–H groups in total. The van der Waals surface area contributed by atoms with Gasteiger partial charge in [-0.15, -0.1) is 0 Å². The van der Waals surface area contributed by atoms with Gasteiger partial charge in [0.2, 0.25) is 0 Å². The van der Waals surface area contributed by atoms with Gasteiger partial charge in [0.25, 0.3) is 0 Å². The lowest BCUT2D eigenvalue weighted by Crippen LogP contribution is -2.30. The first-order chi connectivity index (χ1) is 7.44. The zero-order chi connectivity index (χ0) is 12.2. The lowest BCUT2D eigenvalue weighted by molar-refractivity contribution is 0.519. The molecule has 0 spiro atoms. The number of nitrogens with zero attached hydrogens (tertiary/aromatic N) is 2. The normalized spacial score (nSPS) is 13.9. The number of nitrogens with one attached hydrogen (secondary N) is 1. The van der Waals surface area contributed by atoms with Crippen LogP contribution in [0.4, 0.5) is 0 Å². The first-order valence-electron chi connectivity index (χ1n) is 5.33. The molecule has 5 nitrogen and oxygen atoms in total. The molecule has 0 aliphatic heterocycles. The van der Waals surface area contributed by atoms with Crippen LogP contribution in [0.5, 0.6) is 0 Å². The first kappa shape index (κ1) is 13.2. The Morgan fingerprint density at radius 2 is 2.25 bits per heavy atom. The average Bonchev–Trinajstić information content (AvgIpc) is 2.57. The Morgan fingerprint density at radius 3 is 2.69 bits per heavy atom. The molecule has 1 heterocycles. The predicted molar refractivity (Wildman–Crippen MR) is 64.0 cm³/mol. The fourth-order valence-corrected chi connectivity index (χ4v) is 2.49. The summed E-state index contributed by atoms with van der Waals surface area (Å²) in [6.07, 6.45) is 3.90. The highest BCUT2D eigenvalue weighted by atomic mass is 32.2. The zero-order valence-corrected chi connectivity index (χ0v) is 10.8. The summed E-state index contributed by atoms with van der Waals surface area (Å²) in [6, 6.07) is 1.67. The van der Waals surface area contributed by atoms with Crippen molar-refractivity contribution < 1.29 is 8.42 Å². The topological polar surface area (TPSA) is 64.0 Å². The van der Waals surface area contributed by atoms with E-state index in [1.165, 1.54) is 6.26 Å². The van der Waals surface area contributed by atoms with E-state index in [2.05, 4.69) is 10.4 Å². The van der Waals surface area contributed by atoms with Crippen molar-refractivity contribution in [3.05, 3.63) is 18.0 Å². The van der Waals surface area contributed by atoms with Gasteiger partial charge in [-0.25, -0.2) is 8.42 Å². The minimum atomic E-state index is -3.00. The molecule has 0 saturated carbocycles. The third-order valence-electron chi connectivity index (χ3n) is 2.33. The monoisotopic (exact) mass is 245 g/mol. The van der Waals surface area contributed by atoms with Crippen LogP contribution in [0.15, 0.2) is 12.3 Å². The second-order valence-electron chi connectivity index (χ2n) is 3.98. The fourth-order valence-electron chi connectivity index (χ4n) is 1.60. The van der Waals surface area contributed by atoms with Crippen molar-refractivity contribution in [3.63, 3.8) is 0 Å². The van der Waals surface area contributed by atoms with Gasteiger partial charge in [-0.05, 0) is 19.0 Å². The van der Waals surface area contributed by atoms with Gasteiger partial charge in [0.1, 0.15) is 9.84 Å². The van der Waals surface area contributed by atoms with Crippen molar-refractivity contribution in [2.75, 3.05) is 18.6 Å². The molecular formula is C10H19N3O2S. The maximum atomic E-state index is 11.3. The lowest BCUT2D eigenvalue weighted by Gasteiger charge is -2.17. The first-order valence-corrected chi connectivity index (χ1v) is 7.39. The molecule has 6 heteroatoms. The van der Waals surface area contributed by atoms with E-state index in [1.807, 2.05) is 20.0 Å². The molecule has 0 aliphatic carbocycles. The quantitative estimate of drug-likeness (QED) is 0.793. The average molecular weight is 245 g/mol. The summed E-state index contributed by atoms with van der Waals surface area (Å²) in [6.45, 7) is 2.85. The van der Waals surface area contributed by atoms with Crippen LogP contribution in [0, 0.1) is 0 Å². The van der Waals surface area contributed by atoms with Crippen LogP contribution in [-0.4, -0.2) is 36.8 Å². The molecular weight excluding hydrogens is 226 g/mol. The van der Waals surface area contributed by atoms with Gasteiger partial charge in [0.05, 0.1) is 17.5 Å². The summed E-state index contributed by atoms with van der Waals surface area (Å²) in [5, 5.41) is 7.29. The van der Waals surface area contributed by atoms with E-state index in [0.29, 0.717) is 0 Å². The minimum absolute atomic E-state index is 0.104. The van der Waals surface area contributed by atoms with Crippen molar-refractivity contribution in [1.82, 2.24) is 15.1 Å². The largest absolute Gasteiger partial charge is 0.308 e. The predicted octanol–water partition coefficient (Wildman–Crippen LogP) is 0.505. The van der Waals surface area contributed by atoms with Gasteiger partial charge in [-0.3, -0.25) is 4.68 Å². The maximum Gasteiger partial charge on any atom is 0.149 e. The van der Waals surface area contributed by atoms with E-state index < -0.39 is 9.84 Å². The number of rotatable bonds is 6. The number of aryl methyl sites for hydroxylation is 1. The Bertz CT molecular complexity index is 425. The van der Waals surface area contributed by atoms with Crippen molar-refractivity contribution >= 4 is 9.84 Å². The van der Waals surface area contributed by atoms with Gasteiger partial charge < -0.3 is 5.32 Å². The minimum Gasteiger partial charge on any atom is -0.308 e. The van der Waals surface area contributed by atoms with E-state index in [4.69, 9.17) is 0 Å². The van der Waals surface area contributed by atoms with Crippen molar-refractivity contribution in [2.45, 2.75) is 19.4 Å². The van der Waals surface area contributed by atoms with Crippen LogP contribution in [0.1, 0.15) is 25.1 Å². The number of aromatic nitrogens is 2. The second kappa shape index (κ2) is 5.45. The van der Waals surface area contributed by atoms with E-state index in [1.54, 1.807) is 10.9 Å². The summed E-state index contributed by atoms with van der Waals surface area (Å²) < 4.78 is 24.4. The van der Waals surface area contributed by atoms with Crippen LogP contribution in [0.25, 0.3) is 0 Å². The van der Waals surface area contributed by atoms with E-state index in [9.17, 15) is 8.42 Å². The summed E-state index contributed by atoms with van der Waals surface area (Å²) in [5.74, 6) is 0.104. The highest BCUT2D eigenvalue weighted by Crippen LogP contribution is 2.13. The number of sulfone groups is 1. The molecule has 0 aromatic carbocycles. The molecule has 1 aromatic rings. The van der Waals surface area contributed by atoms with Crippen LogP contribution in [0.3, 0.4) is 0 Å². The van der Waals surface area contributed by atoms with E-state index in [-0.39, 0.29) is 11.8 Å². The van der Waals surface area contributed by atoms with Crippen LogP contribution >= 0.6 is 0 Å². The van der Waals surface area contributed by atoms with E-state index in [0.717, 1.165) is 18.7 Å². The maximum absolute atomic E-state index is 11.3. The summed E-state index contributed by atoms with van der Waals surface area (Å²) in [4.78, 5) is 0. The molecule has 0 radical (unpaired) electrons. The summed E-state index contributed by atoms with van der Waals surface area (Å²) in [5.41, 5.74) is 0.902. The fraction of sp³-hybridized carbons (Fsp3) is 0.700. The molecule has 0 fully saturated rings. The van der Waals surface area contributed by atoms with Crippen LogP contribution in [0.2, 0.25) is 0 Å². The van der Waals surface area contributed by atoms with Gasteiger partial charge >= 0.3 is 0 Å². The third kappa shape index (κ3) is 3.94.